The molecular weight excluding hydrogens is 619 g/mol. The summed E-state index contributed by atoms with van der Waals surface area (Å²) in [5, 5.41) is 16.1. The van der Waals surface area contributed by atoms with Gasteiger partial charge in [-0.2, -0.15) is 5.26 Å². The van der Waals surface area contributed by atoms with Crippen LogP contribution in [0, 0.1) is 23.0 Å². The summed E-state index contributed by atoms with van der Waals surface area (Å²) in [6, 6.07) is 7.29. The van der Waals surface area contributed by atoms with E-state index in [2.05, 4.69) is 21.6 Å². The fourth-order valence-electron chi connectivity index (χ4n) is 5.54. The highest BCUT2D eigenvalue weighted by molar-refractivity contribution is 6.35. The Labute approximate surface area is 263 Å². The van der Waals surface area contributed by atoms with E-state index < -0.39 is 41.1 Å². The van der Waals surface area contributed by atoms with Gasteiger partial charge in [-0.3, -0.25) is 0 Å². The van der Waals surface area contributed by atoms with Gasteiger partial charge in [-0.25, -0.2) is 28.1 Å². The van der Waals surface area contributed by atoms with Crippen molar-refractivity contribution in [3.63, 3.8) is 0 Å². The number of rotatable bonds is 9. The zero-order valence-corrected chi connectivity index (χ0v) is 25.6. The van der Waals surface area contributed by atoms with E-state index in [1.54, 1.807) is 18.2 Å². The summed E-state index contributed by atoms with van der Waals surface area (Å²) in [5.41, 5.74) is -0.123. The molecule has 0 aromatic heterocycles. The van der Waals surface area contributed by atoms with Crippen molar-refractivity contribution in [2.24, 2.45) is 0 Å². The van der Waals surface area contributed by atoms with E-state index >= 15 is 0 Å². The van der Waals surface area contributed by atoms with Gasteiger partial charge < -0.3 is 25.0 Å². The minimum atomic E-state index is -1.42. The maximum absolute atomic E-state index is 14.3. The Morgan fingerprint density at radius 3 is 2.48 bits per heavy atom. The largest absolute Gasteiger partial charge is 0.466 e. The number of carbonyl (C=O) groups is 3. The SMILES string of the molecule is COCC1=C(C(=O)OC)C(c2ccc(F)c(F)c2)N(C(=O)NCCCN2CCC(C#N)(c3ccc(Cl)cc3Cl)CC2)C(=O)N1. The molecule has 0 radical (unpaired) electrons. The number of carbonyl (C=O) groups excluding carboxylic acids is 3. The third kappa shape index (κ3) is 6.97. The first-order chi connectivity index (χ1) is 21.0. The molecule has 4 rings (SSSR count). The number of piperidine rings is 1. The van der Waals surface area contributed by atoms with Gasteiger partial charge in [0.25, 0.3) is 0 Å². The number of methoxy groups -OCH3 is 2. The van der Waals surface area contributed by atoms with E-state index in [9.17, 15) is 28.4 Å². The van der Waals surface area contributed by atoms with Gasteiger partial charge in [0.05, 0.1) is 36.5 Å². The fraction of sp³-hybridized carbons (Fsp3) is 0.400. The summed E-state index contributed by atoms with van der Waals surface area (Å²) in [7, 11) is 2.46. The van der Waals surface area contributed by atoms with Gasteiger partial charge in [-0.1, -0.05) is 35.3 Å². The van der Waals surface area contributed by atoms with Gasteiger partial charge in [0.2, 0.25) is 0 Å². The van der Waals surface area contributed by atoms with E-state index in [-0.39, 0.29) is 30.0 Å². The first-order valence-electron chi connectivity index (χ1n) is 13.8. The standard InChI is InChI=1S/C30H31Cl2F2N5O5/c1-43-16-24-25(27(40)44-2)26(18-4-7-22(33)23(34)14-18)39(29(42)37-24)28(41)36-10-3-11-38-12-8-30(17-35,9-13-38)20-6-5-19(31)15-21(20)32/h4-7,14-15,26H,3,8-13,16H2,1-2H3,(H,36,41)(H,37,42). The number of likely N-dealkylation sites (tertiary alicyclic amines) is 1. The first kappa shape index (κ1) is 33.1. The maximum Gasteiger partial charge on any atom is 0.338 e. The van der Waals surface area contributed by atoms with Crippen molar-refractivity contribution in [1.82, 2.24) is 20.4 Å². The Morgan fingerprint density at radius 2 is 1.86 bits per heavy atom. The molecule has 0 bridgehead atoms. The van der Waals surface area contributed by atoms with Crippen LogP contribution in [0.4, 0.5) is 18.4 Å². The summed E-state index contributed by atoms with van der Waals surface area (Å²) in [5.74, 6) is -3.23. The van der Waals surface area contributed by atoms with Crippen LogP contribution in [0.5, 0.6) is 0 Å². The van der Waals surface area contributed by atoms with Gasteiger partial charge in [0.15, 0.2) is 11.6 Å². The summed E-state index contributed by atoms with van der Waals surface area (Å²) < 4.78 is 38.0. The van der Waals surface area contributed by atoms with Crippen LogP contribution in [-0.2, 0) is 19.7 Å². The van der Waals surface area contributed by atoms with E-state index in [1.807, 2.05) is 0 Å². The third-order valence-corrected chi connectivity index (χ3v) is 8.35. The molecule has 2 heterocycles. The summed E-state index contributed by atoms with van der Waals surface area (Å²) in [6.45, 7) is 1.81. The number of ether oxygens (including phenoxy) is 2. The lowest BCUT2D eigenvalue weighted by atomic mass is 9.74. The number of nitrogens with zero attached hydrogens (tertiary/aromatic N) is 3. The van der Waals surface area contributed by atoms with Gasteiger partial charge in [0.1, 0.15) is 6.04 Å². The highest BCUT2D eigenvalue weighted by atomic mass is 35.5. The molecule has 2 aromatic rings. The van der Waals surface area contributed by atoms with Crippen LogP contribution in [0.3, 0.4) is 0 Å². The lowest BCUT2D eigenvalue weighted by molar-refractivity contribution is -0.137. The molecule has 0 spiro atoms. The molecule has 1 atom stereocenters. The van der Waals surface area contributed by atoms with Gasteiger partial charge in [-0.05, 0) is 74.3 Å². The van der Waals surface area contributed by atoms with Crippen molar-refractivity contribution in [1.29, 1.82) is 5.26 Å². The molecule has 234 valence electrons. The average molecular weight is 651 g/mol. The van der Waals surface area contributed by atoms with Crippen molar-refractivity contribution in [3.05, 3.63) is 80.5 Å². The second-order valence-electron chi connectivity index (χ2n) is 10.4. The zero-order chi connectivity index (χ0) is 32.0. The molecule has 0 aliphatic carbocycles. The predicted octanol–water partition coefficient (Wildman–Crippen LogP) is 5.07. The smallest absolute Gasteiger partial charge is 0.338 e. The van der Waals surface area contributed by atoms with Gasteiger partial charge in [0, 0.05) is 23.7 Å². The van der Waals surface area contributed by atoms with Crippen LogP contribution in [0.1, 0.15) is 36.4 Å². The normalized spacial score (nSPS) is 18.4. The van der Waals surface area contributed by atoms with Gasteiger partial charge >= 0.3 is 18.0 Å². The molecule has 2 aromatic carbocycles. The summed E-state index contributed by atoms with van der Waals surface area (Å²) in [4.78, 5) is 42.2. The van der Waals surface area contributed by atoms with Crippen LogP contribution in [0.15, 0.2) is 47.7 Å². The number of benzene rings is 2. The number of hydrogen-bond donors (Lipinski definition) is 2. The Morgan fingerprint density at radius 1 is 1.14 bits per heavy atom. The molecule has 2 aliphatic rings. The molecule has 1 fully saturated rings. The van der Waals surface area contributed by atoms with E-state index in [1.165, 1.54) is 13.2 Å². The quantitative estimate of drug-likeness (QED) is 0.287. The van der Waals surface area contributed by atoms with E-state index in [0.29, 0.717) is 48.9 Å². The molecular formula is C30H31Cl2F2N5O5. The second kappa shape index (κ2) is 14.3. The molecule has 1 saturated heterocycles. The van der Waals surface area contributed by atoms with E-state index in [0.717, 1.165) is 29.7 Å². The number of amides is 4. The minimum absolute atomic E-state index is 0.0158. The number of imide groups is 1. The van der Waals surface area contributed by atoms with Crippen LogP contribution in [0.2, 0.25) is 10.0 Å². The highest BCUT2D eigenvalue weighted by Crippen LogP contribution is 2.40. The Balaban J connectivity index is 1.43. The number of urea groups is 2. The molecule has 4 amide bonds. The number of esters is 1. The summed E-state index contributed by atoms with van der Waals surface area (Å²) >= 11 is 12.4. The second-order valence-corrected chi connectivity index (χ2v) is 11.3. The van der Waals surface area contributed by atoms with Gasteiger partial charge in [-0.15, -0.1) is 0 Å². The van der Waals surface area contributed by atoms with Crippen molar-refractivity contribution in [2.75, 3.05) is 47.0 Å². The molecule has 2 N–H and O–H groups in total. The van der Waals surface area contributed by atoms with Crippen LogP contribution < -0.4 is 10.6 Å². The van der Waals surface area contributed by atoms with Crippen LogP contribution >= 0.6 is 23.2 Å². The van der Waals surface area contributed by atoms with E-state index in [4.69, 9.17) is 32.7 Å². The Bertz CT molecular complexity index is 1510. The fourth-order valence-corrected chi connectivity index (χ4v) is 6.13. The number of hydrogen-bond acceptors (Lipinski definition) is 7. The van der Waals surface area contributed by atoms with Crippen LogP contribution in [-0.4, -0.2) is 74.8 Å². The Hall–Kier alpha value is -3.76. The molecule has 2 aliphatic heterocycles. The summed E-state index contributed by atoms with van der Waals surface area (Å²) in [6.07, 6.45) is 1.63. The van der Waals surface area contributed by atoms with Crippen LogP contribution in [0.25, 0.3) is 0 Å². The minimum Gasteiger partial charge on any atom is -0.466 e. The predicted molar refractivity (Wildman–Crippen MR) is 158 cm³/mol. The highest BCUT2D eigenvalue weighted by Gasteiger charge is 2.43. The molecule has 14 heteroatoms. The zero-order valence-electron chi connectivity index (χ0n) is 24.1. The Kier molecular flexibility index (Phi) is 10.8. The maximum atomic E-state index is 14.3. The lowest BCUT2D eigenvalue weighted by Crippen LogP contribution is -2.55. The monoisotopic (exact) mass is 649 g/mol. The van der Waals surface area contributed by atoms with Crippen molar-refractivity contribution in [2.45, 2.75) is 30.7 Å². The average Bonchev–Trinajstić information content (AvgIpc) is 3.00. The first-order valence-corrected chi connectivity index (χ1v) is 14.5. The van der Waals surface area contributed by atoms with Crippen molar-refractivity contribution < 1.29 is 32.6 Å². The molecule has 1 unspecified atom stereocenters. The number of nitriles is 1. The number of halogens is 4. The third-order valence-electron chi connectivity index (χ3n) is 7.80. The lowest BCUT2D eigenvalue weighted by Gasteiger charge is -2.38. The van der Waals surface area contributed by atoms with Crippen molar-refractivity contribution >= 4 is 41.2 Å². The van der Waals surface area contributed by atoms with Crippen molar-refractivity contribution in [3.8, 4) is 6.07 Å². The molecule has 0 saturated carbocycles. The molecule has 10 nitrogen and oxygen atoms in total. The topological polar surface area (TPSA) is 124 Å². The molecule has 44 heavy (non-hydrogen) atoms. The number of nitrogens with one attached hydrogen (secondary N) is 2.